The van der Waals surface area contributed by atoms with Gasteiger partial charge in [0.05, 0.1) is 16.8 Å². The van der Waals surface area contributed by atoms with Gasteiger partial charge in [-0.2, -0.15) is 0 Å². The summed E-state index contributed by atoms with van der Waals surface area (Å²) in [6.45, 7) is 0. The Morgan fingerprint density at radius 3 is 1.85 bits per heavy atom. The molecule has 47 heavy (non-hydrogen) atoms. The number of rotatable bonds is 5. The highest BCUT2D eigenvalue weighted by atomic mass is 16.3. The molecule has 0 radical (unpaired) electrons. The Bertz CT molecular complexity index is 2520. The lowest BCUT2D eigenvalue weighted by molar-refractivity contribution is 0.668. The van der Waals surface area contributed by atoms with Crippen molar-refractivity contribution >= 4 is 32.8 Å². The average Bonchev–Trinajstić information content (AvgIpc) is 3.53. The van der Waals surface area contributed by atoms with Crippen molar-refractivity contribution in [2.45, 2.75) is 0 Å². The summed E-state index contributed by atoms with van der Waals surface area (Å²) in [5.41, 5.74) is 8.71. The van der Waals surface area contributed by atoms with E-state index in [9.17, 15) is 0 Å². The zero-order valence-electron chi connectivity index (χ0n) is 25.1. The number of benzene rings is 5. The minimum atomic E-state index is 0.603. The third kappa shape index (κ3) is 4.80. The van der Waals surface area contributed by atoms with Crippen molar-refractivity contribution in [2.75, 3.05) is 0 Å². The Balaban J connectivity index is 1.20. The summed E-state index contributed by atoms with van der Waals surface area (Å²) < 4.78 is 6.32. The second-order valence-electron chi connectivity index (χ2n) is 11.3. The molecule has 0 atom stereocenters. The molecule has 0 N–H and O–H groups in total. The summed E-state index contributed by atoms with van der Waals surface area (Å²) >= 11 is 0. The third-order valence-corrected chi connectivity index (χ3v) is 8.39. The monoisotopic (exact) mass is 603 g/mol. The van der Waals surface area contributed by atoms with E-state index in [1.165, 1.54) is 0 Å². The normalized spacial score (nSPS) is 11.4. The van der Waals surface area contributed by atoms with Crippen LogP contribution in [0.25, 0.3) is 89.5 Å². The van der Waals surface area contributed by atoms with Crippen molar-refractivity contribution in [3.63, 3.8) is 0 Å². The van der Waals surface area contributed by atoms with Crippen LogP contribution >= 0.6 is 0 Å². The summed E-state index contributed by atoms with van der Waals surface area (Å²) in [5.74, 6) is 1.86. The predicted molar refractivity (Wildman–Crippen MR) is 187 cm³/mol. The van der Waals surface area contributed by atoms with Crippen molar-refractivity contribution in [3.05, 3.63) is 152 Å². The third-order valence-electron chi connectivity index (χ3n) is 8.39. The fraction of sp³-hybridized carbons (Fsp3) is 0. The minimum Gasteiger partial charge on any atom is -0.454 e. The van der Waals surface area contributed by atoms with Crippen molar-refractivity contribution in [1.29, 1.82) is 0 Å². The second-order valence-corrected chi connectivity index (χ2v) is 11.3. The van der Waals surface area contributed by atoms with E-state index in [0.29, 0.717) is 17.5 Å². The van der Waals surface area contributed by atoms with E-state index in [4.69, 9.17) is 29.3 Å². The van der Waals surface area contributed by atoms with Gasteiger partial charge in [-0.1, -0.05) is 115 Å². The summed E-state index contributed by atoms with van der Waals surface area (Å²) in [6, 6.07) is 48.7. The molecule has 0 spiro atoms. The van der Waals surface area contributed by atoms with Gasteiger partial charge < -0.3 is 4.42 Å². The van der Waals surface area contributed by atoms with Crippen LogP contribution in [0.2, 0.25) is 0 Å². The molecule has 6 nitrogen and oxygen atoms in total. The van der Waals surface area contributed by atoms with E-state index in [2.05, 4.69) is 30.3 Å². The number of hydrogen-bond acceptors (Lipinski definition) is 6. The van der Waals surface area contributed by atoms with Gasteiger partial charge in [-0.3, -0.25) is 4.98 Å². The van der Waals surface area contributed by atoms with E-state index in [-0.39, 0.29) is 0 Å². The van der Waals surface area contributed by atoms with Gasteiger partial charge in [0.1, 0.15) is 11.1 Å². The van der Waals surface area contributed by atoms with Gasteiger partial charge >= 0.3 is 0 Å². The molecular formula is C41H25N5O. The molecule has 5 aromatic carbocycles. The Morgan fingerprint density at radius 1 is 0.447 bits per heavy atom. The Morgan fingerprint density at radius 2 is 1.09 bits per heavy atom. The number of fused-ring (bicyclic) bond motifs is 4. The van der Waals surface area contributed by atoms with Crippen molar-refractivity contribution < 1.29 is 4.42 Å². The highest BCUT2D eigenvalue weighted by molar-refractivity contribution is 6.11. The number of furan rings is 1. The van der Waals surface area contributed by atoms with Crippen LogP contribution in [0.15, 0.2) is 156 Å². The smallest absolute Gasteiger partial charge is 0.164 e. The molecule has 6 heteroatoms. The lowest BCUT2D eigenvalue weighted by atomic mass is 9.98. The van der Waals surface area contributed by atoms with Crippen LogP contribution in [-0.4, -0.2) is 24.9 Å². The summed E-state index contributed by atoms with van der Waals surface area (Å²) in [6.07, 6.45) is 1.83. The Labute approximate surface area is 270 Å². The van der Waals surface area contributed by atoms with Gasteiger partial charge in [0.2, 0.25) is 0 Å². The summed E-state index contributed by atoms with van der Waals surface area (Å²) in [4.78, 5) is 24.6. The standard InChI is InChI=1S/C41H25N5O/c1-3-12-27(13-4-1)39-44-40(28-14-5-2-6-15-28)46-41(45-39)30-17-9-16-29(25-30)31-19-10-20-34-36(31)38-35(47-34)22-21-33(43-38)37-32-18-8-7-11-26(32)23-24-42-37/h1-25H. The van der Waals surface area contributed by atoms with Gasteiger partial charge in [-0.25, -0.2) is 19.9 Å². The van der Waals surface area contributed by atoms with Crippen LogP contribution in [-0.2, 0) is 0 Å². The zero-order valence-corrected chi connectivity index (χ0v) is 25.1. The molecule has 0 aliphatic rings. The van der Waals surface area contributed by atoms with Gasteiger partial charge in [0, 0.05) is 28.3 Å². The molecular weight excluding hydrogens is 578 g/mol. The molecule has 0 saturated carbocycles. The first-order chi connectivity index (χ1) is 23.3. The maximum Gasteiger partial charge on any atom is 0.164 e. The second kappa shape index (κ2) is 11.1. The lowest BCUT2D eigenvalue weighted by Gasteiger charge is -2.10. The molecule has 9 aromatic rings. The fourth-order valence-corrected chi connectivity index (χ4v) is 6.15. The first kappa shape index (κ1) is 26.8. The predicted octanol–water partition coefficient (Wildman–Crippen LogP) is 10.0. The molecule has 0 amide bonds. The van der Waals surface area contributed by atoms with Crippen LogP contribution in [0, 0.1) is 0 Å². The SMILES string of the molecule is c1ccc(-c2nc(-c3ccccc3)nc(-c3cccc(-c4cccc5oc6ccc(-c7nccc8ccccc78)nc6c45)c3)n2)cc1. The van der Waals surface area contributed by atoms with E-state index >= 15 is 0 Å². The van der Waals surface area contributed by atoms with Crippen LogP contribution in [0.4, 0.5) is 0 Å². The Hall–Kier alpha value is -6.53. The molecule has 220 valence electrons. The molecule has 0 unspecified atom stereocenters. The van der Waals surface area contributed by atoms with Crippen LogP contribution in [0.5, 0.6) is 0 Å². The largest absolute Gasteiger partial charge is 0.454 e. The maximum atomic E-state index is 6.32. The molecule has 4 aromatic heterocycles. The average molecular weight is 604 g/mol. The first-order valence-corrected chi connectivity index (χ1v) is 15.4. The van der Waals surface area contributed by atoms with Crippen molar-refractivity contribution in [1.82, 2.24) is 24.9 Å². The quantitative estimate of drug-likeness (QED) is 0.195. The van der Waals surface area contributed by atoms with Crippen LogP contribution < -0.4 is 0 Å². The molecule has 0 aliphatic carbocycles. The molecule has 0 saturated heterocycles. The highest BCUT2D eigenvalue weighted by Gasteiger charge is 2.18. The molecule has 0 aliphatic heterocycles. The molecule has 9 rings (SSSR count). The van der Waals surface area contributed by atoms with E-state index in [1.54, 1.807) is 0 Å². The maximum absolute atomic E-state index is 6.32. The number of hydrogen-bond donors (Lipinski definition) is 0. The van der Waals surface area contributed by atoms with Crippen molar-refractivity contribution in [2.24, 2.45) is 0 Å². The van der Waals surface area contributed by atoms with Gasteiger partial charge in [-0.05, 0) is 46.8 Å². The van der Waals surface area contributed by atoms with Crippen molar-refractivity contribution in [3.8, 4) is 56.7 Å². The zero-order chi connectivity index (χ0) is 31.2. The van der Waals surface area contributed by atoms with Gasteiger partial charge in [0.15, 0.2) is 23.1 Å². The fourth-order valence-electron chi connectivity index (χ4n) is 6.15. The molecule has 0 fully saturated rings. The summed E-state index contributed by atoms with van der Waals surface area (Å²) in [5, 5.41) is 3.13. The van der Waals surface area contributed by atoms with Crippen LogP contribution in [0.1, 0.15) is 0 Å². The topological polar surface area (TPSA) is 77.6 Å². The first-order valence-electron chi connectivity index (χ1n) is 15.4. The van der Waals surface area contributed by atoms with E-state index in [1.807, 2.05) is 121 Å². The molecule has 4 heterocycles. The van der Waals surface area contributed by atoms with Gasteiger partial charge in [0.25, 0.3) is 0 Å². The highest BCUT2D eigenvalue weighted by Crippen LogP contribution is 2.38. The minimum absolute atomic E-state index is 0.603. The lowest BCUT2D eigenvalue weighted by Crippen LogP contribution is -2.00. The summed E-state index contributed by atoms with van der Waals surface area (Å²) in [7, 11) is 0. The van der Waals surface area contributed by atoms with E-state index < -0.39 is 0 Å². The number of pyridine rings is 2. The Kier molecular flexibility index (Phi) is 6.35. The van der Waals surface area contributed by atoms with Gasteiger partial charge in [-0.15, -0.1) is 0 Å². The number of nitrogens with zero attached hydrogens (tertiary/aromatic N) is 5. The number of aromatic nitrogens is 5. The van der Waals surface area contributed by atoms with E-state index in [0.717, 1.165) is 72.0 Å². The van der Waals surface area contributed by atoms with Crippen LogP contribution in [0.3, 0.4) is 0 Å². The molecule has 0 bridgehead atoms.